The number of aromatic nitrogens is 1. The number of nitrogens with zero attached hydrogens (tertiary/aromatic N) is 2. The van der Waals surface area contributed by atoms with Crippen molar-refractivity contribution < 1.29 is 14.3 Å². The number of amides is 2. The Morgan fingerprint density at radius 2 is 1.72 bits per heavy atom. The lowest BCUT2D eigenvalue weighted by Gasteiger charge is -2.31. The summed E-state index contributed by atoms with van der Waals surface area (Å²) < 4.78 is 7.23. The lowest BCUT2D eigenvalue weighted by atomic mass is 10.1. The van der Waals surface area contributed by atoms with Crippen LogP contribution in [0, 0.1) is 0 Å². The van der Waals surface area contributed by atoms with Gasteiger partial charge in [-0.3, -0.25) is 9.59 Å². The number of para-hydroxylation sites is 2. The molecule has 2 heterocycles. The fraction of sp³-hybridized carbons (Fsp3) is 0.217. The van der Waals surface area contributed by atoms with E-state index in [0.29, 0.717) is 13.1 Å². The third-order valence-electron chi connectivity index (χ3n) is 5.10. The third-order valence-corrected chi connectivity index (χ3v) is 5.10. The van der Waals surface area contributed by atoms with Crippen molar-refractivity contribution in [2.24, 2.45) is 0 Å². The van der Waals surface area contributed by atoms with E-state index < -0.39 is 0 Å². The van der Waals surface area contributed by atoms with Crippen molar-refractivity contribution >= 4 is 17.5 Å². The van der Waals surface area contributed by atoms with Gasteiger partial charge in [-0.2, -0.15) is 0 Å². The standard InChI is InChI=1S/C23H23N3O3/c1-29-19-10-8-17(9-11-19)15-24-22(27)12-13-23(28)26-16-18-5-4-14-25(18)20-6-2-3-7-21(20)26/h2-11,14H,12-13,15-16H2,1H3,(H,24,27). The smallest absolute Gasteiger partial charge is 0.227 e. The first-order valence-electron chi connectivity index (χ1n) is 9.61. The Kier molecular flexibility index (Phi) is 5.33. The van der Waals surface area contributed by atoms with Crippen molar-refractivity contribution in [3.05, 3.63) is 78.1 Å². The minimum Gasteiger partial charge on any atom is -0.497 e. The highest BCUT2D eigenvalue weighted by Crippen LogP contribution is 2.32. The van der Waals surface area contributed by atoms with Crippen LogP contribution in [0.4, 0.5) is 5.69 Å². The summed E-state index contributed by atoms with van der Waals surface area (Å²) in [6.45, 7) is 0.938. The highest BCUT2D eigenvalue weighted by Gasteiger charge is 2.25. The molecular formula is C23H23N3O3. The zero-order valence-corrected chi connectivity index (χ0v) is 16.3. The summed E-state index contributed by atoms with van der Waals surface area (Å²) in [5.41, 5.74) is 3.90. The van der Waals surface area contributed by atoms with Gasteiger partial charge >= 0.3 is 0 Å². The molecule has 0 radical (unpaired) electrons. The van der Waals surface area contributed by atoms with E-state index >= 15 is 0 Å². The van der Waals surface area contributed by atoms with Crippen LogP contribution in [0.5, 0.6) is 5.75 Å². The summed E-state index contributed by atoms with van der Waals surface area (Å²) >= 11 is 0. The molecule has 0 bridgehead atoms. The summed E-state index contributed by atoms with van der Waals surface area (Å²) in [6, 6.07) is 19.3. The fourth-order valence-corrected chi connectivity index (χ4v) is 3.53. The number of methoxy groups -OCH3 is 1. The zero-order valence-electron chi connectivity index (χ0n) is 16.3. The van der Waals surface area contributed by atoms with Gasteiger partial charge in [-0.15, -0.1) is 0 Å². The number of carbonyl (C=O) groups excluding carboxylic acids is 2. The van der Waals surface area contributed by atoms with E-state index in [2.05, 4.69) is 9.88 Å². The molecule has 0 unspecified atom stereocenters. The molecule has 6 heteroatoms. The molecule has 0 aliphatic carbocycles. The van der Waals surface area contributed by atoms with Gasteiger partial charge in [-0.1, -0.05) is 24.3 Å². The predicted molar refractivity (Wildman–Crippen MR) is 111 cm³/mol. The minimum atomic E-state index is -0.136. The molecule has 1 aliphatic heterocycles. The molecule has 148 valence electrons. The average Bonchev–Trinajstić information content (AvgIpc) is 3.25. The molecule has 1 aliphatic rings. The normalized spacial score (nSPS) is 12.1. The number of hydrogen-bond donors (Lipinski definition) is 1. The van der Waals surface area contributed by atoms with Gasteiger partial charge in [-0.25, -0.2) is 0 Å². The number of anilines is 1. The van der Waals surface area contributed by atoms with Gasteiger partial charge in [-0.05, 0) is 42.0 Å². The van der Waals surface area contributed by atoms with Crippen LogP contribution in [-0.2, 0) is 22.7 Å². The molecule has 3 aromatic rings. The van der Waals surface area contributed by atoms with Gasteiger partial charge in [0.15, 0.2) is 0 Å². The number of rotatable bonds is 6. The predicted octanol–water partition coefficient (Wildman–Crippen LogP) is 3.43. The molecule has 0 fully saturated rings. The van der Waals surface area contributed by atoms with E-state index in [4.69, 9.17) is 4.74 Å². The molecular weight excluding hydrogens is 366 g/mol. The zero-order chi connectivity index (χ0) is 20.2. The average molecular weight is 389 g/mol. The van der Waals surface area contributed by atoms with E-state index in [-0.39, 0.29) is 24.7 Å². The lowest BCUT2D eigenvalue weighted by Crippen LogP contribution is -2.35. The second-order valence-corrected chi connectivity index (χ2v) is 6.96. The molecule has 0 spiro atoms. The van der Waals surface area contributed by atoms with Crippen LogP contribution in [0.1, 0.15) is 24.1 Å². The third kappa shape index (κ3) is 4.01. The van der Waals surface area contributed by atoms with Crippen molar-refractivity contribution in [1.29, 1.82) is 0 Å². The molecule has 6 nitrogen and oxygen atoms in total. The van der Waals surface area contributed by atoms with Crippen LogP contribution in [-0.4, -0.2) is 23.5 Å². The Labute approximate surface area is 169 Å². The second-order valence-electron chi connectivity index (χ2n) is 6.96. The van der Waals surface area contributed by atoms with E-state index in [1.54, 1.807) is 12.0 Å². The Bertz CT molecular complexity index is 1020. The number of carbonyl (C=O) groups is 2. The van der Waals surface area contributed by atoms with Gasteiger partial charge < -0.3 is 19.5 Å². The Morgan fingerprint density at radius 1 is 0.966 bits per heavy atom. The molecule has 29 heavy (non-hydrogen) atoms. The van der Waals surface area contributed by atoms with Crippen molar-refractivity contribution in [3.63, 3.8) is 0 Å². The van der Waals surface area contributed by atoms with E-state index in [0.717, 1.165) is 28.4 Å². The summed E-state index contributed by atoms with van der Waals surface area (Å²) in [5, 5.41) is 2.87. The molecule has 2 aromatic carbocycles. The molecule has 0 saturated heterocycles. The summed E-state index contributed by atoms with van der Waals surface area (Å²) in [4.78, 5) is 26.8. The number of hydrogen-bond acceptors (Lipinski definition) is 3. The maximum Gasteiger partial charge on any atom is 0.227 e. The van der Waals surface area contributed by atoms with E-state index in [1.807, 2.05) is 66.9 Å². The first-order valence-corrected chi connectivity index (χ1v) is 9.61. The highest BCUT2D eigenvalue weighted by atomic mass is 16.5. The van der Waals surface area contributed by atoms with Crippen molar-refractivity contribution in [2.45, 2.75) is 25.9 Å². The highest BCUT2D eigenvalue weighted by molar-refractivity contribution is 5.97. The number of fused-ring (bicyclic) bond motifs is 3. The molecule has 4 rings (SSSR count). The van der Waals surface area contributed by atoms with Crippen molar-refractivity contribution in [3.8, 4) is 11.4 Å². The molecule has 2 amide bonds. The molecule has 1 aromatic heterocycles. The number of nitrogens with one attached hydrogen (secondary N) is 1. The van der Waals surface area contributed by atoms with Crippen molar-refractivity contribution in [1.82, 2.24) is 9.88 Å². The summed E-state index contributed by atoms with van der Waals surface area (Å²) in [5.74, 6) is 0.589. The number of ether oxygens (including phenoxy) is 1. The van der Waals surface area contributed by atoms with Crippen LogP contribution in [0.15, 0.2) is 66.9 Å². The second kappa shape index (κ2) is 8.22. The van der Waals surface area contributed by atoms with Crippen LogP contribution in [0.2, 0.25) is 0 Å². The van der Waals surface area contributed by atoms with E-state index in [1.165, 1.54) is 0 Å². The van der Waals surface area contributed by atoms with Gasteiger partial charge in [0.2, 0.25) is 11.8 Å². The fourth-order valence-electron chi connectivity index (χ4n) is 3.53. The molecule has 1 N–H and O–H groups in total. The van der Waals surface area contributed by atoms with Gasteiger partial charge in [0.1, 0.15) is 5.75 Å². The monoisotopic (exact) mass is 389 g/mol. The quantitative estimate of drug-likeness (QED) is 0.703. The summed E-state index contributed by atoms with van der Waals surface area (Å²) in [7, 11) is 1.62. The largest absolute Gasteiger partial charge is 0.497 e. The maximum absolute atomic E-state index is 12.9. The van der Waals surface area contributed by atoms with Crippen LogP contribution >= 0.6 is 0 Å². The van der Waals surface area contributed by atoms with Crippen LogP contribution in [0.25, 0.3) is 5.69 Å². The minimum absolute atomic E-state index is 0.0514. The first kappa shape index (κ1) is 18.8. The Morgan fingerprint density at radius 3 is 2.48 bits per heavy atom. The number of benzene rings is 2. The summed E-state index contributed by atoms with van der Waals surface area (Å²) in [6.07, 6.45) is 2.33. The van der Waals surface area contributed by atoms with E-state index in [9.17, 15) is 9.59 Å². The molecule has 0 atom stereocenters. The van der Waals surface area contributed by atoms with Gasteiger partial charge in [0.05, 0.1) is 25.0 Å². The van der Waals surface area contributed by atoms with Crippen LogP contribution in [0.3, 0.4) is 0 Å². The Balaban J connectivity index is 1.34. The first-order chi connectivity index (χ1) is 14.2. The SMILES string of the molecule is COc1ccc(CNC(=O)CCC(=O)N2Cc3cccn3-c3ccccc32)cc1. The Hall–Kier alpha value is -3.54. The van der Waals surface area contributed by atoms with Crippen LogP contribution < -0.4 is 15.0 Å². The molecule has 0 saturated carbocycles. The maximum atomic E-state index is 12.9. The van der Waals surface area contributed by atoms with Gasteiger partial charge in [0, 0.05) is 31.3 Å². The van der Waals surface area contributed by atoms with Crippen molar-refractivity contribution in [2.75, 3.05) is 12.0 Å². The topological polar surface area (TPSA) is 63.6 Å². The van der Waals surface area contributed by atoms with Gasteiger partial charge in [0.25, 0.3) is 0 Å². The lowest BCUT2D eigenvalue weighted by molar-refractivity contribution is -0.125.